The van der Waals surface area contributed by atoms with Crippen molar-refractivity contribution in [2.45, 2.75) is 19.5 Å². The number of carbonyl (C=O) groups excluding carboxylic acids is 1. The van der Waals surface area contributed by atoms with Crippen LogP contribution in [0.4, 0.5) is 18.9 Å². The third-order valence-corrected chi connectivity index (χ3v) is 5.67. The minimum absolute atomic E-state index is 0.132. The van der Waals surface area contributed by atoms with E-state index in [4.69, 9.17) is 11.6 Å². The Bertz CT molecular complexity index is 1290. The van der Waals surface area contributed by atoms with E-state index >= 15 is 0 Å². The van der Waals surface area contributed by atoms with E-state index in [1.165, 1.54) is 6.07 Å². The third-order valence-electron chi connectivity index (χ3n) is 4.31. The number of benzene rings is 1. The fraction of sp³-hybridized carbons (Fsp3) is 0.217. The minimum atomic E-state index is -2.85. The molecule has 3 rings (SSSR count). The Balaban J connectivity index is 1.79. The van der Waals surface area contributed by atoms with Crippen molar-refractivity contribution in [2.75, 3.05) is 19.4 Å². The number of hydrogen-bond acceptors (Lipinski definition) is 4. The molecule has 2 heterocycles. The van der Waals surface area contributed by atoms with Crippen molar-refractivity contribution in [1.29, 1.82) is 0 Å². The summed E-state index contributed by atoms with van der Waals surface area (Å²) < 4.78 is 39.8. The molecule has 0 unspecified atom stereocenters. The largest absolute Gasteiger partial charge is 0.320 e. The Kier molecular flexibility index (Phi) is 7.97. The number of rotatable bonds is 6. The summed E-state index contributed by atoms with van der Waals surface area (Å²) in [7, 11) is 3.94. The summed E-state index contributed by atoms with van der Waals surface area (Å²) in [6, 6.07) is 10.00. The van der Waals surface area contributed by atoms with Crippen molar-refractivity contribution in [1.82, 2.24) is 9.47 Å². The molecular formula is C23H19ClF3N3O2S. The van der Waals surface area contributed by atoms with Crippen molar-refractivity contribution in [3.8, 4) is 11.8 Å². The van der Waals surface area contributed by atoms with E-state index in [9.17, 15) is 22.8 Å². The van der Waals surface area contributed by atoms with Gasteiger partial charge in [0.15, 0.2) is 5.82 Å². The number of amides is 1. The zero-order valence-electron chi connectivity index (χ0n) is 17.7. The Morgan fingerprint density at radius 1 is 1.24 bits per heavy atom. The van der Waals surface area contributed by atoms with Crippen LogP contribution in [0.15, 0.2) is 47.4 Å². The van der Waals surface area contributed by atoms with Crippen LogP contribution in [0.25, 0.3) is 0 Å². The summed E-state index contributed by atoms with van der Waals surface area (Å²) in [6.07, 6.45) is -1.89. The standard InChI is InChI=1S/C23H19ClF3N3O2S/c1-29(2)11-15-5-3-4-14(8-15)6-7-16-9-19(33-21(16)24)22(31)28-17-10-18(25)23(32)30(12-17)13-20(26)27/h3-5,8-10,12,20H,11,13H2,1-2H3,(H,28,31). The van der Waals surface area contributed by atoms with Gasteiger partial charge in [-0.15, -0.1) is 11.3 Å². The number of hydrogen-bond donors (Lipinski definition) is 1. The Hall–Kier alpha value is -3.06. The van der Waals surface area contributed by atoms with Gasteiger partial charge in [0, 0.05) is 24.4 Å². The highest BCUT2D eigenvalue weighted by Gasteiger charge is 2.16. The SMILES string of the molecule is CN(C)Cc1cccc(C#Cc2cc(C(=O)Nc3cc(F)c(=O)n(CC(F)F)c3)sc2Cl)c1. The molecule has 0 saturated heterocycles. The average molecular weight is 494 g/mol. The molecule has 0 saturated carbocycles. The number of nitrogens with zero attached hydrogens (tertiary/aromatic N) is 2. The molecule has 0 aliphatic carbocycles. The minimum Gasteiger partial charge on any atom is -0.320 e. The summed E-state index contributed by atoms with van der Waals surface area (Å²) in [5, 5.41) is 2.40. The molecule has 1 N–H and O–H groups in total. The highest BCUT2D eigenvalue weighted by Crippen LogP contribution is 2.28. The van der Waals surface area contributed by atoms with E-state index in [2.05, 4.69) is 17.2 Å². The van der Waals surface area contributed by atoms with Gasteiger partial charge in [0.25, 0.3) is 17.9 Å². The number of pyridine rings is 1. The molecule has 5 nitrogen and oxygen atoms in total. The molecule has 0 aliphatic rings. The van der Waals surface area contributed by atoms with Crippen molar-refractivity contribution in [3.63, 3.8) is 0 Å². The van der Waals surface area contributed by atoms with Crippen LogP contribution < -0.4 is 10.9 Å². The number of nitrogens with one attached hydrogen (secondary N) is 1. The first-order chi connectivity index (χ1) is 15.6. The van der Waals surface area contributed by atoms with Crippen molar-refractivity contribution in [2.24, 2.45) is 0 Å². The van der Waals surface area contributed by atoms with Crippen LogP contribution in [0.3, 0.4) is 0 Å². The van der Waals surface area contributed by atoms with Crippen LogP contribution in [0, 0.1) is 17.7 Å². The fourth-order valence-electron chi connectivity index (χ4n) is 2.96. The first-order valence-corrected chi connectivity index (χ1v) is 10.9. The fourth-order valence-corrected chi connectivity index (χ4v) is 4.05. The van der Waals surface area contributed by atoms with Gasteiger partial charge in [-0.1, -0.05) is 35.6 Å². The molecule has 2 aromatic heterocycles. The second kappa shape index (κ2) is 10.7. The van der Waals surface area contributed by atoms with Gasteiger partial charge in [0.05, 0.1) is 22.7 Å². The number of alkyl halides is 2. The summed E-state index contributed by atoms with van der Waals surface area (Å²) in [6.45, 7) is -0.218. The zero-order chi connectivity index (χ0) is 24.1. The maximum atomic E-state index is 13.8. The smallest absolute Gasteiger partial charge is 0.286 e. The van der Waals surface area contributed by atoms with E-state index in [1.807, 2.05) is 43.3 Å². The van der Waals surface area contributed by atoms with Gasteiger partial charge < -0.3 is 14.8 Å². The number of halogens is 4. The number of thiophene rings is 1. The molecule has 0 spiro atoms. The number of aromatic nitrogens is 1. The monoisotopic (exact) mass is 493 g/mol. The van der Waals surface area contributed by atoms with Gasteiger partial charge in [-0.25, -0.2) is 13.2 Å². The first kappa shape index (κ1) is 24.6. The van der Waals surface area contributed by atoms with E-state index in [0.717, 1.165) is 41.3 Å². The summed E-state index contributed by atoms with van der Waals surface area (Å²) in [5.74, 6) is 4.08. The lowest BCUT2D eigenvalue weighted by molar-refractivity contribution is 0.103. The normalized spacial score (nSPS) is 10.9. The number of anilines is 1. The molecule has 0 bridgehead atoms. The number of carbonyl (C=O) groups is 1. The Morgan fingerprint density at radius 2 is 2.00 bits per heavy atom. The maximum Gasteiger partial charge on any atom is 0.286 e. The van der Waals surface area contributed by atoms with Crippen molar-refractivity contribution < 1.29 is 18.0 Å². The topological polar surface area (TPSA) is 54.3 Å². The van der Waals surface area contributed by atoms with E-state index in [1.54, 1.807) is 0 Å². The quantitative estimate of drug-likeness (QED) is 0.507. The van der Waals surface area contributed by atoms with E-state index in [-0.39, 0.29) is 10.6 Å². The van der Waals surface area contributed by atoms with E-state index in [0.29, 0.717) is 14.5 Å². The van der Waals surface area contributed by atoms with Crippen molar-refractivity contribution in [3.05, 3.63) is 84.7 Å². The summed E-state index contributed by atoms with van der Waals surface area (Å²) in [4.78, 5) is 26.4. The van der Waals surface area contributed by atoms with Gasteiger partial charge in [-0.3, -0.25) is 9.59 Å². The maximum absolute atomic E-state index is 13.8. The van der Waals surface area contributed by atoms with E-state index < -0.39 is 30.3 Å². The van der Waals surface area contributed by atoms with Gasteiger partial charge in [-0.2, -0.15) is 0 Å². The molecule has 1 amide bonds. The Labute approximate surface area is 197 Å². The molecule has 0 atom stereocenters. The lowest BCUT2D eigenvalue weighted by atomic mass is 10.1. The molecule has 0 fully saturated rings. The predicted molar refractivity (Wildman–Crippen MR) is 124 cm³/mol. The highest BCUT2D eigenvalue weighted by molar-refractivity contribution is 7.18. The highest BCUT2D eigenvalue weighted by atomic mass is 35.5. The molecule has 3 aromatic rings. The van der Waals surface area contributed by atoms with Crippen LogP contribution in [0.1, 0.15) is 26.4 Å². The van der Waals surface area contributed by atoms with Crippen LogP contribution in [0.5, 0.6) is 0 Å². The lowest BCUT2D eigenvalue weighted by Gasteiger charge is -2.09. The lowest BCUT2D eigenvalue weighted by Crippen LogP contribution is -2.26. The van der Waals surface area contributed by atoms with Crippen LogP contribution >= 0.6 is 22.9 Å². The van der Waals surface area contributed by atoms with Gasteiger partial charge >= 0.3 is 0 Å². The second-order valence-electron chi connectivity index (χ2n) is 7.37. The average Bonchev–Trinajstić information content (AvgIpc) is 3.10. The molecule has 1 aromatic carbocycles. The molecule has 33 heavy (non-hydrogen) atoms. The molecule has 0 aliphatic heterocycles. The van der Waals surface area contributed by atoms with Crippen LogP contribution in [0.2, 0.25) is 4.34 Å². The molecule has 0 radical (unpaired) electrons. The third kappa shape index (κ3) is 6.71. The predicted octanol–water partition coefficient (Wildman–Crippen LogP) is 4.68. The van der Waals surface area contributed by atoms with Crippen LogP contribution in [-0.2, 0) is 13.1 Å². The van der Waals surface area contributed by atoms with Crippen molar-refractivity contribution >= 4 is 34.5 Å². The Morgan fingerprint density at radius 3 is 2.70 bits per heavy atom. The zero-order valence-corrected chi connectivity index (χ0v) is 19.2. The molecule has 10 heteroatoms. The molecular weight excluding hydrogens is 475 g/mol. The van der Waals surface area contributed by atoms with Gasteiger partial charge in [0.1, 0.15) is 4.34 Å². The second-order valence-corrected chi connectivity index (χ2v) is 9.02. The summed E-state index contributed by atoms with van der Waals surface area (Å²) in [5.41, 5.74) is 1.01. The van der Waals surface area contributed by atoms with Gasteiger partial charge in [0.2, 0.25) is 0 Å². The van der Waals surface area contributed by atoms with Crippen LogP contribution in [-0.4, -0.2) is 35.9 Å². The first-order valence-electron chi connectivity index (χ1n) is 9.67. The molecule has 172 valence electrons. The van der Waals surface area contributed by atoms with Gasteiger partial charge in [-0.05, 0) is 37.9 Å². The summed E-state index contributed by atoms with van der Waals surface area (Å²) >= 11 is 7.20.